The number of aliphatic hydroxyl groups is 1. The van der Waals surface area contributed by atoms with E-state index in [9.17, 15) is 14.7 Å². The summed E-state index contributed by atoms with van der Waals surface area (Å²) in [5.41, 5.74) is 2.44. The Balaban J connectivity index is 1.98. The molecule has 0 atom stereocenters. The number of aliphatic hydroxyl groups excluding tert-OH is 1. The third-order valence-corrected chi connectivity index (χ3v) is 3.92. The molecule has 2 N–H and O–H groups in total. The molecule has 2 aromatic rings. The zero-order valence-electron chi connectivity index (χ0n) is 11.1. The second-order valence-corrected chi connectivity index (χ2v) is 5.25. The molecule has 1 aromatic carbocycles. The Morgan fingerprint density at radius 2 is 2.05 bits per heavy atom. The fourth-order valence-electron chi connectivity index (χ4n) is 1.87. The van der Waals surface area contributed by atoms with Gasteiger partial charge in [0.15, 0.2) is 0 Å². The van der Waals surface area contributed by atoms with Crippen LogP contribution in [0.25, 0.3) is 0 Å². The van der Waals surface area contributed by atoms with Gasteiger partial charge in [-0.25, -0.2) is 0 Å². The summed E-state index contributed by atoms with van der Waals surface area (Å²) in [6.07, 6.45) is 0. The highest BCUT2D eigenvalue weighted by molar-refractivity contribution is 7.07. The van der Waals surface area contributed by atoms with E-state index in [4.69, 9.17) is 0 Å². The number of hydrogen-bond acceptors (Lipinski definition) is 4. The van der Waals surface area contributed by atoms with Gasteiger partial charge in [0, 0.05) is 17.6 Å². The molecule has 0 fully saturated rings. The highest BCUT2D eigenvalue weighted by atomic mass is 32.1. The van der Waals surface area contributed by atoms with Crippen LogP contribution in [0.15, 0.2) is 34.4 Å². The lowest BCUT2D eigenvalue weighted by molar-refractivity contribution is -0.121. The van der Waals surface area contributed by atoms with Crippen LogP contribution in [0, 0.1) is 6.92 Å². The van der Waals surface area contributed by atoms with E-state index in [1.54, 1.807) is 12.3 Å². The van der Waals surface area contributed by atoms with Crippen molar-refractivity contribution in [1.29, 1.82) is 0 Å². The lowest BCUT2D eigenvalue weighted by Gasteiger charge is -2.09. The minimum atomic E-state index is -0.221. The summed E-state index contributed by atoms with van der Waals surface area (Å²) in [7, 11) is 0. The second-order valence-electron chi connectivity index (χ2n) is 4.43. The molecule has 0 saturated carbocycles. The molecule has 0 radical (unpaired) electrons. The van der Waals surface area contributed by atoms with Crippen molar-refractivity contribution in [2.24, 2.45) is 0 Å². The van der Waals surface area contributed by atoms with Crippen LogP contribution in [0.3, 0.4) is 0 Å². The SMILES string of the molecule is Cc1csc(=O)n1CC(=O)NCc1ccccc1CO. The molecule has 1 aromatic heterocycles. The monoisotopic (exact) mass is 292 g/mol. The summed E-state index contributed by atoms with van der Waals surface area (Å²) in [6, 6.07) is 7.36. The molecule has 1 amide bonds. The molecule has 0 aliphatic carbocycles. The Kier molecular flexibility index (Phi) is 4.70. The molecule has 1 heterocycles. The summed E-state index contributed by atoms with van der Waals surface area (Å²) in [6.45, 7) is 2.10. The minimum Gasteiger partial charge on any atom is -0.392 e. The quantitative estimate of drug-likeness (QED) is 0.864. The van der Waals surface area contributed by atoms with E-state index in [0.717, 1.165) is 28.2 Å². The molecule has 106 valence electrons. The Morgan fingerprint density at radius 3 is 2.65 bits per heavy atom. The molecule has 5 nitrogen and oxygen atoms in total. The predicted molar refractivity (Wildman–Crippen MR) is 77.5 cm³/mol. The summed E-state index contributed by atoms with van der Waals surface area (Å²) in [4.78, 5) is 23.2. The number of aromatic nitrogens is 1. The van der Waals surface area contributed by atoms with Gasteiger partial charge in [0.25, 0.3) is 0 Å². The Hall–Kier alpha value is -1.92. The third-order valence-electron chi connectivity index (χ3n) is 3.04. The van der Waals surface area contributed by atoms with E-state index in [2.05, 4.69) is 5.32 Å². The maximum atomic E-state index is 11.9. The molecule has 6 heteroatoms. The maximum absolute atomic E-state index is 11.9. The first-order valence-corrected chi connectivity index (χ1v) is 7.09. The fourth-order valence-corrected chi connectivity index (χ4v) is 2.61. The zero-order valence-corrected chi connectivity index (χ0v) is 11.9. The summed E-state index contributed by atoms with van der Waals surface area (Å²) >= 11 is 1.09. The Morgan fingerprint density at radius 1 is 1.35 bits per heavy atom. The van der Waals surface area contributed by atoms with Gasteiger partial charge in [-0.2, -0.15) is 0 Å². The number of hydrogen-bond donors (Lipinski definition) is 2. The van der Waals surface area contributed by atoms with Crippen LogP contribution in [-0.4, -0.2) is 15.6 Å². The number of rotatable bonds is 5. The van der Waals surface area contributed by atoms with Crippen molar-refractivity contribution in [3.8, 4) is 0 Å². The Bertz CT molecular complexity index is 660. The number of benzene rings is 1. The van der Waals surface area contributed by atoms with Crippen molar-refractivity contribution >= 4 is 17.2 Å². The van der Waals surface area contributed by atoms with Gasteiger partial charge in [0.05, 0.1) is 6.61 Å². The van der Waals surface area contributed by atoms with Crippen molar-refractivity contribution in [3.63, 3.8) is 0 Å². The molecule has 0 saturated heterocycles. The zero-order chi connectivity index (χ0) is 14.5. The molecule has 0 spiro atoms. The van der Waals surface area contributed by atoms with Crippen LogP contribution in [-0.2, 0) is 24.5 Å². The first-order valence-electron chi connectivity index (χ1n) is 6.21. The fraction of sp³-hybridized carbons (Fsp3) is 0.286. The smallest absolute Gasteiger partial charge is 0.307 e. The van der Waals surface area contributed by atoms with E-state index < -0.39 is 0 Å². The predicted octanol–water partition coefficient (Wildman–Crippen LogP) is 1.03. The summed E-state index contributed by atoms with van der Waals surface area (Å²) in [5.74, 6) is -0.221. The van der Waals surface area contributed by atoms with Crippen LogP contribution in [0.1, 0.15) is 16.8 Å². The van der Waals surface area contributed by atoms with Gasteiger partial charge in [-0.05, 0) is 18.1 Å². The van der Waals surface area contributed by atoms with Crippen molar-refractivity contribution in [2.75, 3.05) is 0 Å². The van der Waals surface area contributed by atoms with Crippen molar-refractivity contribution in [1.82, 2.24) is 9.88 Å². The molecule has 2 rings (SSSR count). The Labute approximate surface area is 120 Å². The van der Waals surface area contributed by atoms with Crippen molar-refractivity contribution in [2.45, 2.75) is 26.6 Å². The molecule has 0 unspecified atom stereocenters. The van der Waals surface area contributed by atoms with E-state index in [0.29, 0.717) is 6.54 Å². The number of aryl methyl sites for hydroxylation is 1. The van der Waals surface area contributed by atoms with E-state index in [-0.39, 0.29) is 23.9 Å². The number of thiazole rings is 1. The number of amides is 1. The number of carbonyl (C=O) groups excluding carboxylic acids is 1. The molecular formula is C14H16N2O3S. The highest BCUT2D eigenvalue weighted by Gasteiger charge is 2.09. The first-order chi connectivity index (χ1) is 9.61. The topological polar surface area (TPSA) is 71.3 Å². The average molecular weight is 292 g/mol. The summed E-state index contributed by atoms with van der Waals surface area (Å²) < 4.78 is 1.44. The summed E-state index contributed by atoms with van der Waals surface area (Å²) in [5, 5.41) is 13.7. The number of carbonyl (C=O) groups is 1. The van der Waals surface area contributed by atoms with Crippen LogP contribution in [0.2, 0.25) is 0 Å². The lowest BCUT2D eigenvalue weighted by Crippen LogP contribution is -2.30. The molecule has 0 bridgehead atoms. The molecular weight excluding hydrogens is 276 g/mol. The van der Waals surface area contributed by atoms with Gasteiger partial charge in [-0.3, -0.25) is 14.2 Å². The number of nitrogens with zero attached hydrogens (tertiary/aromatic N) is 1. The van der Waals surface area contributed by atoms with Crippen LogP contribution in [0.4, 0.5) is 0 Å². The van der Waals surface area contributed by atoms with E-state index in [1.165, 1.54) is 4.57 Å². The second kappa shape index (κ2) is 6.49. The third kappa shape index (κ3) is 3.34. The first kappa shape index (κ1) is 14.5. The standard InChI is InChI=1S/C14H16N2O3S/c1-10-9-20-14(19)16(10)7-13(18)15-6-11-4-2-3-5-12(11)8-17/h2-5,9,17H,6-8H2,1H3,(H,15,18). The van der Waals surface area contributed by atoms with E-state index >= 15 is 0 Å². The van der Waals surface area contributed by atoms with Gasteiger partial charge in [0.1, 0.15) is 6.54 Å². The molecule has 0 aliphatic heterocycles. The average Bonchev–Trinajstić information content (AvgIpc) is 2.77. The van der Waals surface area contributed by atoms with Crippen LogP contribution in [0.5, 0.6) is 0 Å². The largest absolute Gasteiger partial charge is 0.392 e. The maximum Gasteiger partial charge on any atom is 0.307 e. The van der Waals surface area contributed by atoms with Crippen LogP contribution >= 0.6 is 11.3 Å². The van der Waals surface area contributed by atoms with Gasteiger partial charge < -0.3 is 10.4 Å². The lowest BCUT2D eigenvalue weighted by atomic mass is 10.1. The van der Waals surface area contributed by atoms with Crippen LogP contribution < -0.4 is 10.2 Å². The molecule has 0 aliphatic rings. The van der Waals surface area contributed by atoms with Crippen molar-refractivity contribution < 1.29 is 9.90 Å². The highest BCUT2D eigenvalue weighted by Crippen LogP contribution is 2.08. The van der Waals surface area contributed by atoms with Gasteiger partial charge in [-0.1, -0.05) is 35.6 Å². The van der Waals surface area contributed by atoms with Gasteiger partial charge in [0.2, 0.25) is 5.91 Å². The number of nitrogens with one attached hydrogen (secondary N) is 1. The minimum absolute atomic E-state index is 0.0233. The molecule has 20 heavy (non-hydrogen) atoms. The van der Waals surface area contributed by atoms with Gasteiger partial charge in [-0.15, -0.1) is 0 Å². The normalized spacial score (nSPS) is 10.5. The van der Waals surface area contributed by atoms with Crippen molar-refractivity contribution in [3.05, 3.63) is 56.1 Å². The van der Waals surface area contributed by atoms with E-state index in [1.807, 2.05) is 24.3 Å². The van der Waals surface area contributed by atoms with Gasteiger partial charge >= 0.3 is 4.87 Å².